The van der Waals surface area contributed by atoms with Crippen molar-refractivity contribution in [3.8, 4) is 0 Å². The Hall–Kier alpha value is -0.370. The molecule has 0 aliphatic heterocycles. The van der Waals surface area contributed by atoms with E-state index in [0.29, 0.717) is 0 Å². The van der Waals surface area contributed by atoms with Crippen molar-refractivity contribution in [3.63, 3.8) is 0 Å². The molecule has 1 aromatic rings. The minimum absolute atomic E-state index is 0.725. The van der Waals surface area contributed by atoms with Gasteiger partial charge in [-0.15, -0.1) is 0 Å². The van der Waals surface area contributed by atoms with Crippen LogP contribution in [-0.2, 0) is 0 Å². The Bertz CT molecular complexity index is 204. The quantitative estimate of drug-likeness (QED) is 0.669. The molecule has 68 valence electrons. The lowest BCUT2D eigenvalue weighted by molar-refractivity contribution is 0.374. The summed E-state index contributed by atoms with van der Waals surface area (Å²) in [5.74, 6) is 0. The Morgan fingerprint density at radius 2 is 1.58 bits per heavy atom. The monoisotopic (exact) mass is 232 g/mol. The summed E-state index contributed by atoms with van der Waals surface area (Å²) in [5.41, 5.74) is 0.725. The fourth-order valence-electron chi connectivity index (χ4n) is 0.728. The maximum atomic E-state index is 12.6. The Kier molecular flexibility index (Phi) is 5.99. The SMILES string of the molecule is CC.CC(F)c1ccc(Br)cc1. The van der Waals surface area contributed by atoms with Crippen molar-refractivity contribution >= 4 is 15.9 Å². The van der Waals surface area contributed by atoms with Gasteiger partial charge in [-0.2, -0.15) is 0 Å². The van der Waals surface area contributed by atoms with Crippen LogP contribution in [0.15, 0.2) is 28.7 Å². The second kappa shape index (κ2) is 6.18. The highest BCUT2D eigenvalue weighted by molar-refractivity contribution is 9.10. The van der Waals surface area contributed by atoms with Crippen LogP contribution in [0.3, 0.4) is 0 Å². The van der Waals surface area contributed by atoms with Gasteiger partial charge in [-0.25, -0.2) is 4.39 Å². The van der Waals surface area contributed by atoms with Gasteiger partial charge in [0.25, 0.3) is 0 Å². The zero-order valence-corrected chi connectivity index (χ0v) is 9.23. The van der Waals surface area contributed by atoms with Gasteiger partial charge in [0.15, 0.2) is 0 Å². The van der Waals surface area contributed by atoms with E-state index in [0.717, 1.165) is 10.0 Å². The van der Waals surface area contributed by atoms with E-state index < -0.39 is 6.17 Å². The van der Waals surface area contributed by atoms with Gasteiger partial charge in [-0.05, 0) is 24.6 Å². The third kappa shape index (κ3) is 3.86. The van der Waals surface area contributed by atoms with Crippen molar-refractivity contribution in [1.29, 1.82) is 0 Å². The molecule has 0 bridgehead atoms. The summed E-state index contributed by atoms with van der Waals surface area (Å²) in [7, 11) is 0. The van der Waals surface area contributed by atoms with Gasteiger partial charge in [0.05, 0.1) is 0 Å². The first-order valence-corrected chi connectivity index (χ1v) is 4.89. The average Bonchev–Trinajstić information content (AvgIpc) is 2.09. The van der Waals surface area contributed by atoms with Crippen LogP contribution < -0.4 is 0 Å². The van der Waals surface area contributed by atoms with Crippen molar-refractivity contribution in [2.75, 3.05) is 0 Å². The molecule has 0 saturated heterocycles. The standard InChI is InChI=1S/C8H8BrF.C2H6/c1-6(10)7-2-4-8(9)5-3-7;1-2/h2-6H,1H3;1-2H3. The van der Waals surface area contributed by atoms with Gasteiger partial charge < -0.3 is 0 Å². The molecular formula is C10H14BrF. The molecule has 0 N–H and O–H groups in total. The van der Waals surface area contributed by atoms with Crippen molar-refractivity contribution in [3.05, 3.63) is 34.3 Å². The van der Waals surface area contributed by atoms with Crippen molar-refractivity contribution in [1.82, 2.24) is 0 Å². The average molecular weight is 233 g/mol. The third-order valence-corrected chi connectivity index (χ3v) is 1.86. The molecule has 1 atom stereocenters. The molecule has 0 fully saturated rings. The molecule has 0 aliphatic rings. The van der Waals surface area contributed by atoms with Gasteiger partial charge in [-0.3, -0.25) is 0 Å². The highest BCUT2D eigenvalue weighted by atomic mass is 79.9. The van der Waals surface area contributed by atoms with E-state index in [-0.39, 0.29) is 0 Å². The van der Waals surface area contributed by atoms with E-state index >= 15 is 0 Å². The maximum Gasteiger partial charge on any atom is 0.122 e. The number of rotatable bonds is 1. The van der Waals surface area contributed by atoms with Crippen LogP contribution in [0.5, 0.6) is 0 Å². The topological polar surface area (TPSA) is 0 Å². The zero-order chi connectivity index (χ0) is 9.56. The fourth-order valence-corrected chi connectivity index (χ4v) is 0.992. The molecule has 0 saturated carbocycles. The molecular weight excluding hydrogens is 219 g/mol. The lowest BCUT2D eigenvalue weighted by Crippen LogP contribution is -1.82. The molecule has 12 heavy (non-hydrogen) atoms. The molecule has 1 rings (SSSR count). The highest BCUT2D eigenvalue weighted by Gasteiger charge is 1.99. The van der Waals surface area contributed by atoms with Crippen molar-refractivity contribution < 1.29 is 4.39 Å². The Morgan fingerprint density at radius 1 is 1.17 bits per heavy atom. The predicted molar refractivity (Wildman–Crippen MR) is 55.0 cm³/mol. The van der Waals surface area contributed by atoms with Crippen molar-refractivity contribution in [2.24, 2.45) is 0 Å². The largest absolute Gasteiger partial charge is 0.243 e. The predicted octanol–water partition coefficient (Wildman–Crippen LogP) is 4.51. The molecule has 1 unspecified atom stereocenters. The number of halogens is 2. The Balaban J connectivity index is 0.000000561. The summed E-state index contributed by atoms with van der Waals surface area (Å²) in [6, 6.07) is 7.22. The second-order valence-corrected chi connectivity index (χ2v) is 3.08. The van der Waals surface area contributed by atoms with E-state index in [4.69, 9.17) is 0 Å². The normalized spacial score (nSPS) is 11.4. The first-order valence-electron chi connectivity index (χ1n) is 4.09. The Morgan fingerprint density at radius 3 is 1.92 bits per heavy atom. The minimum Gasteiger partial charge on any atom is -0.243 e. The molecule has 0 nitrogen and oxygen atoms in total. The van der Waals surface area contributed by atoms with Crippen LogP contribution >= 0.6 is 15.9 Å². The number of hydrogen-bond donors (Lipinski definition) is 0. The van der Waals surface area contributed by atoms with Crippen LogP contribution in [0.25, 0.3) is 0 Å². The fraction of sp³-hybridized carbons (Fsp3) is 0.400. The summed E-state index contributed by atoms with van der Waals surface area (Å²) < 4.78 is 13.5. The first-order chi connectivity index (χ1) is 5.70. The number of benzene rings is 1. The van der Waals surface area contributed by atoms with E-state index in [1.165, 1.54) is 6.92 Å². The summed E-state index contributed by atoms with van der Waals surface area (Å²) in [6.07, 6.45) is -0.867. The van der Waals surface area contributed by atoms with Crippen LogP contribution in [0.4, 0.5) is 4.39 Å². The maximum absolute atomic E-state index is 12.6. The minimum atomic E-state index is -0.867. The van der Waals surface area contributed by atoms with Gasteiger partial charge in [-0.1, -0.05) is 41.9 Å². The molecule has 1 aromatic carbocycles. The second-order valence-electron chi connectivity index (χ2n) is 2.17. The molecule has 2 heteroatoms. The first kappa shape index (κ1) is 11.6. The van der Waals surface area contributed by atoms with Crippen molar-refractivity contribution in [2.45, 2.75) is 26.9 Å². The van der Waals surface area contributed by atoms with Gasteiger partial charge in [0.2, 0.25) is 0 Å². The highest BCUT2D eigenvalue weighted by Crippen LogP contribution is 2.18. The van der Waals surface area contributed by atoms with Gasteiger partial charge >= 0.3 is 0 Å². The number of alkyl halides is 1. The van der Waals surface area contributed by atoms with Gasteiger partial charge in [0.1, 0.15) is 6.17 Å². The lowest BCUT2D eigenvalue weighted by atomic mass is 10.1. The van der Waals surface area contributed by atoms with E-state index in [1.54, 1.807) is 12.1 Å². The molecule has 0 spiro atoms. The smallest absolute Gasteiger partial charge is 0.122 e. The zero-order valence-electron chi connectivity index (χ0n) is 7.64. The number of hydrogen-bond acceptors (Lipinski definition) is 0. The summed E-state index contributed by atoms with van der Waals surface area (Å²) in [5, 5.41) is 0. The Labute approximate surface area is 81.9 Å². The third-order valence-electron chi connectivity index (χ3n) is 1.33. The van der Waals surface area contributed by atoms with Crippen LogP contribution in [0.2, 0.25) is 0 Å². The van der Waals surface area contributed by atoms with Crippen LogP contribution in [-0.4, -0.2) is 0 Å². The van der Waals surface area contributed by atoms with Crippen LogP contribution in [0.1, 0.15) is 32.5 Å². The molecule has 0 amide bonds. The van der Waals surface area contributed by atoms with E-state index in [1.807, 2.05) is 26.0 Å². The van der Waals surface area contributed by atoms with E-state index in [2.05, 4.69) is 15.9 Å². The molecule has 0 aliphatic carbocycles. The van der Waals surface area contributed by atoms with Gasteiger partial charge in [0, 0.05) is 4.47 Å². The molecule has 0 heterocycles. The summed E-state index contributed by atoms with van der Waals surface area (Å²) >= 11 is 3.27. The summed E-state index contributed by atoms with van der Waals surface area (Å²) in [6.45, 7) is 5.53. The summed E-state index contributed by atoms with van der Waals surface area (Å²) in [4.78, 5) is 0. The van der Waals surface area contributed by atoms with Crippen LogP contribution in [0, 0.1) is 0 Å². The van der Waals surface area contributed by atoms with E-state index in [9.17, 15) is 4.39 Å². The lowest BCUT2D eigenvalue weighted by Gasteiger charge is -1.99. The molecule has 0 radical (unpaired) electrons. The molecule has 0 aromatic heterocycles.